The van der Waals surface area contributed by atoms with Gasteiger partial charge < -0.3 is 14.2 Å². The molecule has 1 atom stereocenters. The topological polar surface area (TPSA) is 78.9 Å². The maximum absolute atomic E-state index is 12.8. The highest BCUT2D eigenvalue weighted by atomic mass is 16.6. The summed E-state index contributed by atoms with van der Waals surface area (Å²) in [6.07, 6.45) is 76.0. The Balaban J connectivity index is 4.29. The molecule has 402 valence electrons. The summed E-state index contributed by atoms with van der Waals surface area (Å²) in [6.45, 7) is 6.42. The van der Waals surface area contributed by atoms with Crippen LogP contribution in [0, 0.1) is 0 Å². The van der Waals surface area contributed by atoms with E-state index in [0.717, 1.165) is 96.3 Å². The minimum atomic E-state index is -0.809. The molecule has 0 rings (SSSR count). The van der Waals surface area contributed by atoms with Gasteiger partial charge in [-0.1, -0.05) is 247 Å². The Hall–Kier alpha value is -3.41. The van der Waals surface area contributed by atoms with E-state index in [1.165, 1.54) is 141 Å². The first-order chi connectivity index (χ1) is 34.5. The molecule has 70 heavy (non-hydrogen) atoms. The van der Waals surface area contributed by atoms with Crippen molar-refractivity contribution in [1.29, 1.82) is 0 Å². The van der Waals surface area contributed by atoms with Crippen molar-refractivity contribution < 1.29 is 28.6 Å². The van der Waals surface area contributed by atoms with Gasteiger partial charge in [0.2, 0.25) is 0 Å². The number of hydrogen-bond acceptors (Lipinski definition) is 6. The maximum atomic E-state index is 12.8. The Labute approximate surface area is 433 Å². The van der Waals surface area contributed by atoms with Crippen molar-refractivity contribution in [2.75, 3.05) is 13.2 Å². The van der Waals surface area contributed by atoms with Gasteiger partial charge in [-0.2, -0.15) is 0 Å². The molecule has 0 aromatic heterocycles. The summed E-state index contributed by atoms with van der Waals surface area (Å²) in [5.74, 6) is -0.967. The Morgan fingerprint density at radius 3 is 0.986 bits per heavy atom. The second-order valence-electron chi connectivity index (χ2n) is 19.5. The predicted octanol–water partition coefficient (Wildman–Crippen LogP) is 19.9. The largest absolute Gasteiger partial charge is 0.462 e. The third kappa shape index (κ3) is 55.5. The summed E-state index contributed by atoms with van der Waals surface area (Å²) in [6, 6.07) is 0. The fourth-order valence-corrected chi connectivity index (χ4v) is 8.18. The predicted molar refractivity (Wildman–Crippen MR) is 302 cm³/mol. The molecule has 1 unspecified atom stereocenters. The van der Waals surface area contributed by atoms with Gasteiger partial charge in [0.25, 0.3) is 0 Å². The third-order valence-electron chi connectivity index (χ3n) is 12.6. The van der Waals surface area contributed by atoms with Crippen molar-refractivity contribution in [2.24, 2.45) is 0 Å². The SMILES string of the molecule is CC/C=C\C/C=C\C/C=C\C/C=C\C/C=C\CCCC(=O)OC(COC(=O)CCCCCCC/C=C\CCC)COC(=O)CCCCCCCCCCCCCCC/C=C\CCCCCCCCCC. The summed E-state index contributed by atoms with van der Waals surface area (Å²) in [4.78, 5) is 38.1. The molecular formula is C64H110O6. The smallest absolute Gasteiger partial charge is 0.306 e. The molecule has 0 aromatic rings. The van der Waals surface area contributed by atoms with Crippen LogP contribution >= 0.6 is 0 Å². The summed E-state index contributed by atoms with van der Waals surface area (Å²) in [5.41, 5.74) is 0. The van der Waals surface area contributed by atoms with Gasteiger partial charge >= 0.3 is 17.9 Å². The molecule has 0 spiro atoms. The molecule has 0 aliphatic carbocycles. The highest BCUT2D eigenvalue weighted by Crippen LogP contribution is 2.16. The van der Waals surface area contributed by atoms with Crippen molar-refractivity contribution in [2.45, 2.75) is 290 Å². The van der Waals surface area contributed by atoms with Gasteiger partial charge in [0.1, 0.15) is 13.2 Å². The number of ether oxygens (including phenoxy) is 3. The molecule has 6 nitrogen and oxygen atoms in total. The van der Waals surface area contributed by atoms with Crippen LogP contribution in [0.5, 0.6) is 0 Å². The number of allylic oxidation sites excluding steroid dienone is 14. The lowest BCUT2D eigenvalue weighted by molar-refractivity contribution is -0.167. The summed E-state index contributed by atoms with van der Waals surface area (Å²) >= 11 is 0. The normalized spacial score (nSPS) is 12.7. The lowest BCUT2D eigenvalue weighted by Crippen LogP contribution is -2.30. The molecule has 0 fully saturated rings. The van der Waals surface area contributed by atoms with Crippen LogP contribution in [0.2, 0.25) is 0 Å². The van der Waals surface area contributed by atoms with Crippen LogP contribution in [0.15, 0.2) is 85.1 Å². The van der Waals surface area contributed by atoms with Crippen LogP contribution < -0.4 is 0 Å². The van der Waals surface area contributed by atoms with E-state index < -0.39 is 6.10 Å². The first-order valence-corrected chi connectivity index (χ1v) is 29.6. The first kappa shape index (κ1) is 66.6. The fourth-order valence-electron chi connectivity index (χ4n) is 8.18. The van der Waals surface area contributed by atoms with Gasteiger partial charge in [0, 0.05) is 19.3 Å². The standard InChI is InChI=1S/C64H110O6/c1-4-7-10-13-16-19-22-24-26-28-29-30-31-32-33-34-35-37-38-40-42-45-48-51-54-57-63(66)69-60-61(59-68-62(65)56-53-50-47-44-21-18-15-12-9-6-3)70-64(67)58-55-52-49-46-43-41-39-36-27-25-23-20-17-14-11-8-5-2/h8,11-12,15,17,20,25,27-29,39,41,46,49,61H,4-7,9-10,13-14,16,18-19,21-24,26,30-38,40,42-45,47-48,50-60H2,1-3H3/b11-8-,15-12-,20-17-,27-25-,29-28-,41-39-,49-46-. The lowest BCUT2D eigenvalue weighted by atomic mass is 10.0. The zero-order chi connectivity index (χ0) is 50.7. The molecule has 0 saturated carbocycles. The molecule has 0 heterocycles. The van der Waals surface area contributed by atoms with E-state index in [1.807, 2.05) is 0 Å². The third-order valence-corrected chi connectivity index (χ3v) is 12.6. The van der Waals surface area contributed by atoms with Gasteiger partial charge in [-0.15, -0.1) is 0 Å². The van der Waals surface area contributed by atoms with Crippen molar-refractivity contribution in [3.63, 3.8) is 0 Å². The van der Waals surface area contributed by atoms with Gasteiger partial charge in [0.15, 0.2) is 6.10 Å². The zero-order valence-electron chi connectivity index (χ0n) is 46.0. The van der Waals surface area contributed by atoms with Crippen LogP contribution in [0.4, 0.5) is 0 Å². The van der Waals surface area contributed by atoms with Gasteiger partial charge in [-0.3, -0.25) is 14.4 Å². The number of carbonyl (C=O) groups excluding carboxylic acids is 3. The van der Waals surface area contributed by atoms with Gasteiger partial charge in [0.05, 0.1) is 0 Å². The molecular weight excluding hydrogens is 865 g/mol. The van der Waals surface area contributed by atoms with Crippen LogP contribution in [-0.2, 0) is 28.6 Å². The minimum Gasteiger partial charge on any atom is -0.462 e. The lowest BCUT2D eigenvalue weighted by Gasteiger charge is -2.18. The van der Waals surface area contributed by atoms with E-state index in [9.17, 15) is 14.4 Å². The number of hydrogen-bond donors (Lipinski definition) is 0. The molecule has 0 amide bonds. The van der Waals surface area contributed by atoms with E-state index in [2.05, 4.69) is 106 Å². The number of esters is 3. The van der Waals surface area contributed by atoms with Crippen LogP contribution in [0.25, 0.3) is 0 Å². The van der Waals surface area contributed by atoms with Crippen LogP contribution in [0.3, 0.4) is 0 Å². The summed E-state index contributed by atoms with van der Waals surface area (Å²) < 4.78 is 16.8. The average Bonchev–Trinajstić information content (AvgIpc) is 3.36. The van der Waals surface area contributed by atoms with Gasteiger partial charge in [-0.25, -0.2) is 0 Å². The molecule has 0 radical (unpaired) electrons. The van der Waals surface area contributed by atoms with Crippen molar-refractivity contribution in [1.82, 2.24) is 0 Å². The molecule has 0 aliphatic rings. The average molecular weight is 976 g/mol. The fraction of sp³-hybridized carbons (Fsp3) is 0.734. The van der Waals surface area contributed by atoms with E-state index in [4.69, 9.17) is 14.2 Å². The van der Waals surface area contributed by atoms with Crippen LogP contribution in [0.1, 0.15) is 284 Å². The number of rotatable bonds is 53. The Morgan fingerprint density at radius 2 is 0.600 bits per heavy atom. The zero-order valence-corrected chi connectivity index (χ0v) is 46.0. The van der Waals surface area contributed by atoms with Crippen molar-refractivity contribution in [3.8, 4) is 0 Å². The van der Waals surface area contributed by atoms with E-state index >= 15 is 0 Å². The summed E-state index contributed by atoms with van der Waals surface area (Å²) in [7, 11) is 0. The quantitative estimate of drug-likeness (QED) is 0.0261. The first-order valence-electron chi connectivity index (χ1n) is 29.6. The molecule has 0 aromatic carbocycles. The van der Waals surface area contributed by atoms with E-state index in [-0.39, 0.29) is 37.5 Å². The maximum Gasteiger partial charge on any atom is 0.306 e. The number of unbranched alkanes of at least 4 members (excludes halogenated alkanes) is 28. The molecule has 0 bridgehead atoms. The Kier molecular flexibility index (Phi) is 55.3. The molecule has 0 aliphatic heterocycles. The molecule has 6 heteroatoms. The van der Waals surface area contributed by atoms with Gasteiger partial charge in [-0.05, 0) is 103 Å². The Bertz CT molecular complexity index is 1350. The molecule has 0 N–H and O–H groups in total. The Morgan fingerprint density at radius 1 is 0.300 bits per heavy atom. The van der Waals surface area contributed by atoms with Crippen LogP contribution in [-0.4, -0.2) is 37.2 Å². The summed E-state index contributed by atoms with van der Waals surface area (Å²) in [5, 5.41) is 0. The van der Waals surface area contributed by atoms with Crippen molar-refractivity contribution >= 4 is 17.9 Å². The highest BCUT2D eigenvalue weighted by Gasteiger charge is 2.19. The second kappa shape index (κ2) is 58.2. The minimum absolute atomic E-state index is 0.101. The number of carbonyl (C=O) groups is 3. The highest BCUT2D eigenvalue weighted by molar-refractivity contribution is 5.71. The van der Waals surface area contributed by atoms with E-state index in [1.54, 1.807) is 0 Å². The monoisotopic (exact) mass is 975 g/mol. The van der Waals surface area contributed by atoms with Crippen molar-refractivity contribution in [3.05, 3.63) is 85.1 Å². The molecule has 0 saturated heterocycles. The van der Waals surface area contributed by atoms with E-state index in [0.29, 0.717) is 19.3 Å². The second-order valence-corrected chi connectivity index (χ2v) is 19.5.